The molecule has 0 bridgehead atoms. The maximum Gasteiger partial charge on any atom is 0.123 e. The molecule has 0 aliphatic carbocycles. The van der Waals surface area contributed by atoms with Crippen molar-refractivity contribution in [2.24, 2.45) is 0 Å². The zero-order valence-electron chi connectivity index (χ0n) is 11.8. The predicted octanol–water partition coefficient (Wildman–Crippen LogP) is 4.41. The van der Waals surface area contributed by atoms with Crippen molar-refractivity contribution < 1.29 is 4.74 Å². The monoisotopic (exact) mass is 299 g/mol. The highest BCUT2D eigenvalue weighted by molar-refractivity contribution is 7.16. The van der Waals surface area contributed by atoms with Crippen LogP contribution in [0.4, 0.5) is 17.1 Å². The molecule has 0 saturated carbocycles. The molecule has 1 heterocycles. The van der Waals surface area contributed by atoms with Crippen LogP contribution in [0.25, 0.3) is 10.2 Å². The number of fused-ring (bicyclic) bond motifs is 1. The van der Waals surface area contributed by atoms with Gasteiger partial charge in [0.25, 0.3) is 0 Å². The Bertz CT molecular complexity index is 754. The van der Waals surface area contributed by atoms with Crippen LogP contribution in [0.15, 0.2) is 41.9 Å². The van der Waals surface area contributed by atoms with Gasteiger partial charge in [-0.05, 0) is 30.7 Å². The van der Waals surface area contributed by atoms with E-state index in [2.05, 4.69) is 23.3 Å². The molecule has 3 rings (SSSR count). The summed E-state index contributed by atoms with van der Waals surface area (Å²) >= 11 is 1.63. The Morgan fingerprint density at radius 1 is 1.19 bits per heavy atom. The molecule has 2 aromatic carbocycles. The van der Waals surface area contributed by atoms with Gasteiger partial charge in [-0.15, -0.1) is 11.3 Å². The van der Waals surface area contributed by atoms with Gasteiger partial charge in [-0.2, -0.15) is 0 Å². The second-order valence-corrected chi connectivity index (χ2v) is 5.69. The van der Waals surface area contributed by atoms with E-state index in [0.717, 1.165) is 33.8 Å². The van der Waals surface area contributed by atoms with Crippen LogP contribution in [-0.4, -0.2) is 11.6 Å². The summed E-state index contributed by atoms with van der Waals surface area (Å²) < 4.78 is 6.80. The summed E-state index contributed by atoms with van der Waals surface area (Å²) in [5.41, 5.74) is 11.4. The lowest BCUT2D eigenvalue weighted by Crippen LogP contribution is -1.98. The molecule has 1 aromatic heterocycles. The van der Waals surface area contributed by atoms with Gasteiger partial charge in [0.05, 0.1) is 22.3 Å². The van der Waals surface area contributed by atoms with E-state index in [9.17, 15) is 0 Å². The van der Waals surface area contributed by atoms with Crippen LogP contribution in [0.2, 0.25) is 0 Å². The van der Waals surface area contributed by atoms with Crippen LogP contribution in [0.5, 0.6) is 5.75 Å². The summed E-state index contributed by atoms with van der Waals surface area (Å²) in [5.74, 6) is 0.790. The zero-order chi connectivity index (χ0) is 14.7. The Labute approximate surface area is 127 Å². The first kappa shape index (κ1) is 13.7. The van der Waals surface area contributed by atoms with Crippen molar-refractivity contribution in [1.29, 1.82) is 0 Å². The minimum atomic E-state index is 0.685. The van der Waals surface area contributed by atoms with Gasteiger partial charge in [0.1, 0.15) is 5.75 Å². The van der Waals surface area contributed by atoms with Crippen LogP contribution in [0.1, 0.15) is 13.3 Å². The molecular weight excluding hydrogens is 282 g/mol. The van der Waals surface area contributed by atoms with Crippen molar-refractivity contribution in [2.45, 2.75) is 13.3 Å². The highest BCUT2D eigenvalue weighted by atomic mass is 32.1. The standard InChI is InChI=1S/C16H17N3OS/c1-2-5-20-14-7-11(17)6-13(8-14)19-12-3-4-15-16(9-12)21-10-18-15/h3-4,6-10,19H,2,5,17H2,1H3. The normalized spacial score (nSPS) is 10.7. The van der Waals surface area contributed by atoms with Gasteiger partial charge < -0.3 is 15.8 Å². The van der Waals surface area contributed by atoms with Crippen molar-refractivity contribution >= 4 is 38.6 Å². The molecule has 21 heavy (non-hydrogen) atoms. The molecule has 0 aliphatic heterocycles. The summed E-state index contributed by atoms with van der Waals surface area (Å²) in [4.78, 5) is 4.28. The number of nitrogens with two attached hydrogens (primary N) is 1. The van der Waals surface area contributed by atoms with Gasteiger partial charge in [-0.3, -0.25) is 0 Å². The first-order valence-corrected chi connectivity index (χ1v) is 7.76. The van der Waals surface area contributed by atoms with Crippen LogP contribution >= 0.6 is 11.3 Å². The molecule has 0 atom stereocenters. The van der Waals surface area contributed by atoms with Crippen molar-refractivity contribution in [3.63, 3.8) is 0 Å². The number of aromatic nitrogens is 1. The number of nitrogen functional groups attached to an aromatic ring is 1. The topological polar surface area (TPSA) is 60.2 Å². The first-order valence-electron chi connectivity index (χ1n) is 6.88. The third-order valence-electron chi connectivity index (χ3n) is 3.02. The van der Waals surface area contributed by atoms with Gasteiger partial charge in [-0.25, -0.2) is 4.98 Å². The summed E-state index contributed by atoms with van der Waals surface area (Å²) in [6.07, 6.45) is 0.972. The Kier molecular flexibility index (Phi) is 3.92. The quantitative estimate of drug-likeness (QED) is 0.685. The molecule has 0 fully saturated rings. The van der Waals surface area contributed by atoms with Crippen molar-refractivity contribution in [1.82, 2.24) is 4.98 Å². The number of nitrogens with zero attached hydrogens (tertiary/aromatic N) is 1. The molecule has 0 radical (unpaired) electrons. The number of nitrogens with one attached hydrogen (secondary N) is 1. The van der Waals surface area contributed by atoms with E-state index in [0.29, 0.717) is 12.3 Å². The third kappa shape index (κ3) is 3.25. The highest BCUT2D eigenvalue weighted by Crippen LogP contribution is 2.28. The Morgan fingerprint density at radius 3 is 2.95 bits per heavy atom. The molecule has 3 N–H and O–H groups in total. The molecule has 5 heteroatoms. The van der Waals surface area contributed by atoms with Gasteiger partial charge >= 0.3 is 0 Å². The average molecular weight is 299 g/mol. The van der Waals surface area contributed by atoms with Crippen molar-refractivity contribution in [3.8, 4) is 5.75 Å². The van der Waals surface area contributed by atoms with Crippen LogP contribution in [0.3, 0.4) is 0 Å². The third-order valence-corrected chi connectivity index (χ3v) is 3.81. The van der Waals surface area contributed by atoms with E-state index in [-0.39, 0.29) is 0 Å². The van der Waals surface area contributed by atoms with Crippen LogP contribution in [0, 0.1) is 0 Å². The average Bonchev–Trinajstić information content (AvgIpc) is 2.92. The van der Waals surface area contributed by atoms with E-state index in [1.807, 2.05) is 35.8 Å². The summed E-state index contributed by atoms with van der Waals surface area (Å²) in [6, 6.07) is 11.8. The molecule has 0 spiro atoms. The van der Waals surface area contributed by atoms with Gasteiger partial charge in [0.15, 0.2) is 0 Å². The molecule has 3 aromatic rings. The minimum Gasteiger partial charge on any atom is -0.493 e. The number of thiazole rings is 1. The largest absolute Gasteiger partial charge is 0.493 e. The fourth-order valence-corrected chi connectivity index (χ4v) is 2.81. The number of hydrogen-bond acceptors (Lipinski definition) is 5. The highest BCUT2D eigenvalue weighted by Gasteiger charge is 2.03. The smallest absolute Gasteiger partial charge is 0.123 e. The fourth-order valence-electron chi connectivity index (χ4n) is 2.10. The fraction of sp³-hybridized carbons (Fsp3) is 0.188. The second kappa shape index (κ2) is 6.01. The lowest BCUT2D eigenvalue weighted by atomic mass is 10.2. The minimum absolute atomic E-state index is 0.685. The number of rotatable bonds is 5. The molecule has 4 nitrogen and oxygen atoms in total. The summed E-state index contributed by atoms with van der Waals surface area (Å²) in [6.45, 7) is 2.77. The molecule has 108 valence electrons. The Balaban J connectivity index is 1.84. The maximum atomic E-state index is 5.93. The van der Waals surface area contributed by atoms with Gasteiger partial charge in [0.2, 0.25) is 0 Å². The summed E-state index contributed by atoms with van der Waals surface area (Å²) in [7, 11) is 0. The van der Waals surface area contributed by atoms with E-state index in [4.69, 9.17) is 10.5 Å². The Morgan fingerprint density at radius 2 is 2.10 bits per heavy atom. The molecule has 0 aliphatic rings. The van der Waals surface area contributed by atoms with Crippen molar-refractivity contribution in [2.75, 3.05) is 17.7 Å². The van der Waals surface area contributed by atoms with E-state index in [1.54, 1.807) is 11.3 Å². The van der Waals surface area contributed by atoms with Gasteiger partial charge in [0, 0.05) is 29.2 Å². The van der Waals surface area contributed by atoms with E-state index < -0.39 is 0 Å². The number of benzene rings is 2. The van der Waals surface area contributed by atoms with Gasteiger partial charge in [-0.1, -0.05) is 6.92 Å². The molecule has 0 saturated heterocycles. The number of hydrogen-bond donors (Lipinski definition) is 2. The van der Waals surface area contributed by atoms with Crippen LogP contribution < -0.4 is 15.8 Å². The lowest BCUT2D eigenvalue weighted by Gasteiger charge is -2.11. The SMILES string of the molecule is CCCOc1cc(N)cc(Nc2ccc3ncsc3c2)c1. The second-order valence-electron chi connectivity index (χ2n) is 4.80. The molecule has 0 amide bonds. The predicted molar refractivity (Wildman–Crippen MR) is 89.5 cm³/mol. The first-order chi connectivity index (χ1) is 10.2. The van der Waals surface area contributed by atoms with Crippen molar-refractivity contribution in [3.05, 3.63) is 41.9 Å². The van der Waals surface area contributed by atoms with Crippen LogP contribution in [-0.2, 0) is 0 Å². The summed E-state index contributed by atoms with van der Waals surface area (Å²) in [5, 5.41) is 3.36. The van der Waals surface area contributed by atoms with E-state index in [1.165, 1.54) is 0 Å². The molecule has 0 unspecified atom stereocenters. The number of ether oxygens (including phenoxy) is 1. The zero-order valence-corrected chi connectivity index (χ0v) is 12.6. The maximum absolute atomic E-state index is 5.93. The lowest BCUT2D eigenvalue weighted by molar-refractivity contribution is 0.318. The molecular formula is C16H17N3OS. The van der Waals surface area contributed by atoms with E-state index >= 15 is 0 Å². The number of anilines is 3. The Hall–Kier alpha value is -2.27.